The molecule has 0 aliphatic carbocycles. The lowest BCUT2D eigenvalue weighted by molar-refractivity contribution is -0.153. The highest BCUT2D eigenvalue weighted by Crippen LogP contribution is 2.53. The number of amides is 1. The van der Waals surface area contributed by atoms with Gasteiger partial charge in [-0.3, -0.25) is 9.59 Å². The molecular weight excluding hydrogens is 354 g/mol. The highest BCUT2D eigenvalue weighted by atomic mass is 16.6. The molecule has 142 valence electrons. The molecule has 5 rings (SSSR count). The number of aryl methyl sites for hydroxylation is 1. The highest BCUT2D eigenvalue weighted by Gasteiger charge is 2.67. The molecule has 0 aromatic heterocycles. The van der Waals surface area contributed by atoms with Crippen molar-refractivity contribution in [3.8, 4) is 0 Å². The molecule has 3 aliphatic heterocycles. The topological polar surface area (TPSA) is 55.8 Å². The van der Waals surface area contributed by atoms with Crippen LogP contribution in [-0.4, -0.2) is 30.1 Å². The van der Waals surface area contributed by atoms with Crippen LogP contribution in [0.25, 0.3) is 0 Å². The van der Waals surface area contributed by atoms with Gasteiger partial charge in [-0.1, -0.05) is 54.6 Å². The zero-order chi connectivity index (χ0) is 19.3. The van der Waals surface area contributed by atoms with Gasteiger partial charge in [-0.25, -0.2) is 0 Å². The summed E-state index contributed by atoms with van der Waals surface area (Å²) in [7, 11) is 0. The fourth-order valence-electron chi connectivity index (χ4n) is 4.61. The van der Waals surface area contributed by atoms with Crippen LogP contribution in [0.15, 0.2) is 66.7 Å². The number of ether oxygens (including phenoxy) is 2. The first-order valence-electron chi connectivity index (χ1n) is 9.53. The van der Waals surface area contributed by atoms with Crippen LogP contribution in [0.3, 0.4) is 0 Å². The van der Waals surface area contributed by atoms with Crippen molar-refractivity contribution in [3.63, 3.8) is 0 Å². The molecule has 5 nitrogen and oxygen atoms in total. The maximum atomic E-state index is 13.3. The van der Waals surface area contributed by atoms with E-state index in [1.165, 1.54) is 0 Å². The van der Waals surface area contributed by atoms with Crippen molar-refractivity contribution in [2.75, 3.05) is 11.4 Å². The van der Waals surface area contributed by atoms with Gasteiger partial charge in [0.25, 0.3) is 0 Å². The molecule has 0 radical (unpaired) electrons. The Bertz CT molecular complexity index is 970. The maximum absolute atomic E-state index is 13.3. The van der Waals surface area contributed by atoms with Gasteiger partial charge in [0.1, 0.15) is 18.1 Å². The Balaban J connectivity index is 1.39. The fourth-order valence-corrected chi connectivity index (χ4v) is 4.61. The lowest BCUT2D eigenvalue weighted by Gasteiger charge is -2.22. The SMILES string of the molecule is Cc1cccc(N2C[C@@]34C=C[C@@H](O3)[C@@H](C(=O)OCc3ccccc3)[C@H]4C2=O)c1. The van der Waals surface area contributed by atoms with Gasteiger partial charge >= 0.3 is 5.97 Å². The van der Waals surface area contributed by atoms with Crippen LogP contribution >= 0.6 is 0 Å². The van der Waals surface area contributed by atoms with E-state index < -0.39 is 23.5 Å². The maximum Gasteiger partial charge on any atom is 0.313 e. The molecule has 3 aliphatic rings. The van der Waals surface area contributed by atoms with Crippen LogP contribution in [0.4, 0.5) is 5.69 Å². The van der Waals surface area contributed by atoms with Crippen LogP contribution in [0.2, 0.25) is 0 Å². The van der Waals surface area contributed by atoms with Gasteiger partial charge in [0, 0.05) is 5.69 Å². The first kappa shape index (κ1) is 17.2. The van der Waals surface area contributed by atoms with Crippen molar-refractivity contribution >= 4 is 17.6 Å². The number of carbonyl (C=O) groups is 2. The summed E-state index contributed by atoms with van der Waals surface area (Å²) in [6.45, 7) is 2.62. The molecule has 0 N–H and O–H groups in total. The number of hydrogen-bond donors (Lipinski definition) is 0. The monoisotopic (exact) mass is 375 g/mol. The second-order valence-corrected chi connectivity index (χ2v) is 7.76. The molecule has 28 heavy (non-hydrogen) atoms. The molecule has 1 spiro atoms. The zero-order valence-electron chi connectivity index (χ0n) is 15.6. The van der Waals surface area contributed by atoms with Gasteiger partial charge in [-0.05, 0) is 30.2 Å². The van der Waals surface area contributed by atoms with Gasteiger partial charge in [-0.2, -0.15) is 0 Å². The Labute approximate surface area is 163 Å². The first-order chi connectivity index (χ1) is 13.6. The van der Waals surface area contributed by atoms with Crippen molar-refractivity contribution in [2.45, 2.75) is 25.2 Å². The summed E-state index contributed by atoms with van der Waals surface area (Å²) in [4.78, 5) is 27.9. The van der Waals surface area contributed by atoms with Gasteiger partial charge in [0.2, 0.25) is 5.91 Å². The first-order valence-corrected chi connectivity index (χ1v) is 9.53. The Kier molecular flexibility index (Phi) is 3.88. The van der Waals surface area contributed by atoms with Gasteiger partial charge in [-0.15, -0.1) is 0 Å². The summed E-state index contributed by atoms with van der Waals surface area (Å²) in [6, 6.07) is 17.4. The second-order valence-electron chi connectivity index (χ2n) is 7.76. The van der Waals surface area contributed by atoms with E-state index in [4.69, 9.17) is 9.47 Å². The van der Waals surface area contributed by atoms with Crippen molar-refractivity contribution in [2.24, 2.45) is 11.8 Å². The van der Waals surface area contributed by atoms with E-state index in [2.05, 4.69) is 0 Å². The molecule has 0 saturated carbocycles. The number of carbonyl (C=O) groups excluding carboxylic acids is 2. The number of nitrogens with zero attached hydrogens (tertiary/aromatic N) is 1. The third-order valence-electron chi connectivity index (χ3n) is 5.91. The molecule has 3 heterocycles. The lowest BCUT2D eigenvalue weighted by Crippen LogP contribution is -2.40. The number of rotatable bonds is 4. The third-order valence-corrected chi connectivity index (χ3v) is 5.91. The van der Waals surface area contributed by atoms with E-state index in [0.717, 1.165) is 16.8 Å². The summed E-state index contributed by atoms with van der Waals surface area (Å²) >= 11 is 0. The average molecular weight is 375 g/mol. The predicted molar refractivity (Wildman–Crippen MR) is 103 cm³/mol. The van der Waals surface area contributed by atoms with Crippen LogP contribution in [0.1, 0.15) is 11.1 Å². The smallest absolute Gasteiger partial charge is 0.313 e. The number of benzene rings is 2. The van der Waals surface area contributed by atoms with Crippen molar-refractivity contribution in [1.29, 1.82) is 0 Å². The zero-order valence-corrected chi connectivity index (χ0v) is 15.6. The Morgan fingerprint density at radius 2 is 2.04 bits per heavy atom. The number of anilines is 1. The fraction of sp³-hybridized carbons (Fsp3) is 0.304. The minimum Gasteiger partial charge on any atom is -0.460 e. The standard InChI is InChI=1S/C23H21NO4/c1-15-6-5-9-17(12-15)24-14-23-11-10-18(28-23)19(20(23)21(24)25)22(26)27-13-16-7-3-2-4-8-16/h2-12,18-20H,13-14H2,1H3/t18-,19-,20+,23-/m1/s1. The summed E-state index contributed by atoms with van der Waals surface area (Å²) in [5, 5.41) is 0. The molecule has 5 heteroatoms. The van der Waals surface area contributed by atoms with Crippen LogP contribution < -0.4 is 4.90 Å². The Morgan fingerprint density at radius 3 is 2.82 bits per heavy atom. The van der Waals surface area contributed by atoms with Gasteiger partial charge < -0.3 is 14.4 Å². The second kappa shape index (κ2) is 6.31. The van der Waals surface area contributed by atoms with Crippen LogP contribution in [0, 0.1) is 18.8 Å². The molecule has 2 aromatic carbocycles. The minimum absolute atomic E-state index is 0.0703. The largest absolute Gasteiger partial charge is 0.460 e. The number of hydrogen-bond acceptors (Lipinski definition) is 4. The molecule has 0 unspecified atom stereocenters. The Morgan fingerprint density at radius 1 is 1.21 bits per heavy atom. The van der Waals surface area contributed by atoms with Gasteiger partial charge in [0.05, 0.1) is 18.6 Å². The van der Waals surface area contributed by atoms with Crippen LogP contribution in [0.5, 0.6) is 0 Å². The molecular formula is C23H21NO4. The average Bonchev–Trinajstić information content (AvgIpc) is 3.35. The summed E-state index contributed by atoms with van der Waals surface area (Å²) in [5.74, 6) is -1.58. The van der Waals surface area contributed by atoms with E-state index in [1.54, 1.807) is 4.90 Å². The number of fused-ring (bicyclic) bond motifs is 1. The van der Waals surface area contributed by atoms with Crippen LogP contribution in [-0.2, 0) is 25.7 Å². The van der Waals surface area contributed by atoms with E-state index in [0.29, 0.717) is 6.54 Å². The molecule has 2 aromatic rings. The van der Waals surface area contributed by atoms with E-state index in [9.17, 15) is 9.59 Å². The molecule has 2 fully saturated rings. The summed E-state index contributed by atoms with van der Waals surface area (Å²) < 4.78 is 11.7. The predicted octanol–water partition coefficient (Wildman–Crippen LogP) is 3.02. The highest BCUT2D eigenvalue weighted by molar-refractivity contribution is 6.02. The van der Waals surface area contributed by atoms with Crippen molar-refractivity contribution in [1.82, 2.24) is 0 Å². The number of esters is 1. The van der Waals surface area contributed by atoms with E-state index >= 15 is 0 Å². The van der Waals surface area contributed by atoms with E-state index in [-0.39, 0.29) is 18.5 Å². The normalized spacial score (nSPS) is 30.0. The van der Waals surface area contributed by atoms with Gasteiger partial charge in [0.15, 0.2) is 0 Å². The summed E-state index contributed by atoms with van der Waals surface area (Å²) in [5.41, 5.74) is 2.11. The van der Waals surface area contributed by atoms with E-state index in [1.807, 2.05) is 73.7 Å². The van der Waals surface area contributed by atoms with Crippen molar-refractivity contribution < 1.29 is 19.1 Å². The quantitative estimate of drug-likeness (QED) is 0.609. The molecule has 2 bridgehead atoms. The molecule has 2 saturated heterocycles. The van der Waals surface area contributed by atoms with Crippen molar-refractivity contribution in [3.05, 3.63) is 77.9 Å². The summed E-state index contributed by atoms with van der Waals surface area (Å²) in [6.07, 6.45) is 3.46. The minimum atomic E-state index is -0.734. The lowest BCUT2D eigenvalue weighted by atomic mass is 9.77. The molecule has 4 atom stereocenters. The Hall–Kier alpha value is -2.92. The third kappa shape index (κ3) is 2.58. The molecule has 1 amide bonds.